The molecule has 2 aromatic rings. The molecule has 0 saturated carbocycles. The highest BCUT2D eigenvalue weighted by Gasteiger charge is 2.37. The Labute approximate surface area is 168 Å². The van der Waals surface area contributed by atoms with Gasteiger partial charge in [0.15, 0.2) is 0 Å². The second-order valence-electron chi connectivity index (χ2n) is 7.15. The first kappa shape index (κ1) is 21.0. The summed E-state index contributed by atoms with van der Waals surface area (Å²) in [5.74, 6) is -1.92. The molecule has 0 radical (unpaired) electrons. The van der Waals surface area contributed by atoms with Crippen molar-refractivity contribution in [1.29, 1.82) is 0 Å². The molecule has 1 fully saturated rings. The molecule has 28 heavy (non-hydrogen) atoms. The van der Waals surface area contributed by atoms with Crippen LogP contribution >= 0.6 is 11.6 Å². The largest absolute Gasteiger partial charge is 0.497 e. The molecule has 1 aliphatic heterocycles. The Bertz CT molecular complexity index is 807. The average molecular weight is 409 g/mol. The zero-order chi connectivity index (χ0) is 20.5. The number of halogens is 1. The highest BCUT2D eigenvalue weighted by Crippen LogP contribution is 2.39. The predicted octanol–water partition coefficient (Wildman–Crippen LogP) is 2.35. The van der Waals surface area contributed by atoms with Crippen molar-refractivity contribution in [2.75, 3.05) is 13.7 Å². The molecule has 0 amide bonds. The lowest BCUT2D eigenvalue weighted by atomic mass is 9.87. The van der Waals surface area contributed by atoms with Crippen LogP contribution in [0.25, 0.3) is 0 Å². The zero-order valence-corrected chi connectivity index (χ0v) is 16.5. The standard InChI is InChI=1S/C21H25ClO6/c1-12-18(24)10-19(28-20(12)11-23)13-3-8-17(22)16(9-13)21(25,26)14-4-6-15(27-2)7-5-14/h3-9,12,18-20,23-26H,10-11H2,1-2H3. The summed E-state index contributed by atoms with van der Waals surface area (Å²) in [5, 5.41) is 41.6. The van der Waals surface area contributed by atoms with Crippen molar-refractivity contribution < 1.29 is 29.9 Å². The number of ether oxygens (including phenoxy) is 2. The van der Waals surface area contributed by atoms with Gasteiger partial charge < -0.3 is 29.9 Å². The van der Waals surface area contributed by atoms with Crippen LogP contribution in [0.4, 0.5) is 0 Å². The van der Waals surface area contributed by atoms with Crippen molar-refractivity contribution >= 4 is 11.6 Å². The Kier molecular flexibility index (Phi) is 6.29. The molecule has 4 N–H and O–H groups in total. The first-order chi connectivity index (χ1) is 13.3. The lowest BCUT2D eigenvalue weighted by Gasteiger charge is -2.38. The van der Waals surface area contributed by atoms with E-state index in [1.807, 2.05) is 6.92 Å². The summed E-state index contributed by atoms with van der Waals surface area (Å²) in [6.45, 7) is 1.62. The van der Waals surface area contributed by atoms with E-state index in [0.717, 1.165) is 0 Å². The van der Waals surface area contributed by atoms with Crippen LogP contribution in [0.5, 0.6) is 5.75 Å². The van der Waals surface area contributed by atoms with Crippen LogP contribution in [-0.4, -0.2) is 46.4 Å². The van der Waals surface area contributed by atoms with E-state index in [0.29, 0.717) is 17.7 Å². The molecule has 0 spiro atoms. The van der Waals surface area contributed by atoms with Crippen molar-refractivity contribution in [2.24, 2.45) is 5.92 Å². The van der Waals surface area contributed by atoms with Gasteiger partial charge in [-0.2, -0.15) is 0 Å². The van der Waals surface area contributed by atoms with Crippen molar-refractivity contribution in [3.05, 3.63) is 64.2 Å². The first-order valence-corrected chi connectivity index (χ1v) is 9.49. The van der Waals surface area contributed by atoms with Crippen LogP contribution in [-0.2, 0) is 10.5 Å². The van der Waals surface area contributed by atoms with Crippen LogP contribution in [0.15, 0.2) is 42.5 Å². The summed E-state index contributed by atoms with van der Waals surface area (Å²) >= 11 is 6.26. The predicted molar refractivity (Wildman–Crippen MR) is 104 cm³/mol. The molecule has 1 heterocycles. The molecule has 6 nitrogen and oxygen atoms in total. The smallest absolute Gasteiger partial charge is 0.218 e. The van der Waals surface area contributed by atoms with Gasteiger partial charge in [-0.3, -0.25) is 0 Å². The Morgan fingerprint density at radius 1 is 1.18 bits per heavy atom. The summed E-state index contributed by atoms with van der Waals surface area (Å²) < 4.78 is 11.0. The lowest BCUT2D eigenvalue weighted by molar-refractivity contribution is -0.147. The van der Waals surface area contributed by atoms with E-state index in [1.165, 1.54) is 7.11 Å². The molecule has 0 bridgehead atoms. The summed E-state index contributed by atoms with van der Waals surface area (Å²) in [6.07, 6.45) is -1.29. The molecule has 1 aliphatic rings. The van der Waals surface area contributed by atoms with E-state index in [9.17, 15) is 20.4 Å². The molecule has 0 aliphatic carbocycles. The SMILES string of the molecule is COc1ccc(C(O)(O)c2cc(C3CC(O)C(C)C(CO)O3)ccc2Cl)cc1. The molecule has 1 saturated heterocycles. The number of aliphatic hydroxyl groups is 4. The van der Waals surface area contributed by atoms with Gasteiger partial charge >= 0.3 is 0 Å². The third-order valence-electron chi connectivity index (χ3n) is 5.40. The van der Waals surface area contributed by atoms with E-state index in [-0.39, 0.29) is 28.7 Å². The van der Waals surface area contributed by atoms with Crippen LogP contribution in [0, 0.1) is 5.92 Å². The summed E-state index contributed by atoms with van der Waals surface area (Å²) in [6, 6.07) is 11.2. The number of rotatable bonds is 5. The van der Waals surface area contributed by atoms with Gasteiger partial charge in [-0.1, -0.05) is 24.6 Å². The molecular formula is C21H25ClO6. The minimum Gasteiger partial charge on any atom is -0.497 e. The highest BCUT2D eigenvalue weighted by molar-refractivity contribution is 6.31. The van der Waals surface area contributed by atoms with Gasteiger partial charge in [0.05, 0.1) is 32.0 Å². The Morgan fingerprint density at radius 2 is 1.86 bits per heavy atom. The number of hydrogen-bond donors (Lipinski definition) is 4. The molecule has 2 aromatic carbocycles. The van der Waals surface area contributed by atoms with Crippen LogP contribution in [0.1, 0.15) is 36.1 Å². The van der Waals surface area contributed by atoms with Crippen LogP contribution in [0.3, 0.4) is 0 Å². The minimum absolute atomic E-state index is 0.106. The van der Waals surface area contributed by atoms with Crippen molar-refractivity contribution in [1.82, 2.24) is 0 Å². The monoisotopic (exact) mass is 408 g/mol. The quantitative estimate of drug-likeness (QED) is 0.567. The van der Waals surface area contributed by atoms with Gasteiger partial charge in [0.25, 0.3) is 0 Å². The normalized spacial score (nSPS) is 25.5. The highest BCUT2D eigenvalue weighted by atomic mass is 35.5. The number of benzene rings is 2. The maximum absolute atomic E-state index is 10.8. The van der Waals surface area contributed by atoms with Crippen molar-refractivity contribution in [3.63, 3.8) is 0 Å². The zero-order valence-electron chi connectivity index (χ0n) is 15.7. The van der Waals surface area contributed by atoms with Gasteiger partial charge in [0.1, 0.15) is 5.75 Å². The van der Waals surface area contributed by atoms with Gasteiger partial charge in [-0.05, 0) is 42.0 Å². The fourth-order valence-electron chi connectivity index (χ4n) is 3.49. The Morgan fingerprint density at radius 3 is 2.46 bits per heavy atom. The van der Waals surface area contributed by atoms with Gasteiger partial charge in [0, 0.05) is 28.5 Å². The molecule has 3 rings (SSSR count). The number of hydrogen-bond acceptors (Lipinski definition) is 6. The molecule has 152 valence electrons. The number of methoxy groups -OCH3 is 1. The summed E-state index contributed by atoms with van der Waals surface area (Å²) in [5.41, 5.74) is 0.984. The first-order valence-electron chi connectivity index (χ1n) is 9.11. The van der Waals surface area contributed by atoms with Crippen LogP contribution < -0.4 is 4.74 Å². The summed E-state index contributed by atoms with van der Waals surface area (Å²) in [4.78, 5) is 0. The van der Waals surface area contributed by atoms with Gasteiger partial charge in [-0.25, -0.2) is 0 Å². The Hall–Kier alpha value is -1.67. The second kappa shape index (κ2) is 8.37. The molecule has 4 unspecified atom stereocenters. The van der Waals surface area contributed by atoms with E-state index in [1.54, 1.807) is 42.5 Å². The van der Waals surface area contributed by atoms with E-state index in [4.69, 9.17) is 21.1 Å². The number of aliphatic hydroxyl groups excluding tert-OH is 2. The summed E-state index contributed by atoms with van der Waals surface area (Å²) in [7, 11) is 1.53. The lowest BCUT2D eigenvalue weighted by Crippen LogP contribution is -2.41. The van der Waals surface area contributed by atoms with E-state index in [2.05, 4.69) is 0 Å². The van der Waals surface area contributed by atoms with Crippen LogP contribution in [0.2, 0.25) is 5.02 Å². The molecule has 0 aromatic heterocycles. The second-order valence-corrected chi connectivity index (χ2v) is 7.56. The Balaban J connectivity index is 1.94. The average Bonchev–Trinajstić information content (AvgIpc) is 2.70. The minimum atomic E-state index is -2.32. The van der Waals surface area contributed by atoms with Gasteiger partial charge in [-0.15, -0.1) is 0 Å². The topological polar surface area (TPSA) is 99.4 Å². The fraction of sp³-hybridized carbons (Fsp3) is 0.429. The fourth-order valence-corrected chi connectivity index (χ4v) is 3.73. The third-order valence-corrected chi connectivity index (χ3v) is 5.73. The van der Waals surface area contributed by atoms with E-state index < -0.39 is 24.1 Å². The van der Waals surface area contributed by atoms with E-state index >= 15 is 0 Å². The molecule has 4 atom stereocenters. The van der Waals surface area contributed by atoms with Crippen molar-refractivity contribution in [3.8, 4) is 5.75 Å². The maximum Gasteiger partial charge on any atom is 0.218 e. The van der Waals surface area contributed by atoms with Crippen molar-refractivity contribution in [2.45, 2.75) is 37.4 Å². The van der Waals surface area contributed by atoms with Gasteiger partial charge in [0.2, 0.25) is 5.79 Å². The maximum atomic E-state index is 10.8. The molecular weight excluding hydrogens is 384 g/mol. The molecule has 7 heteroatoms. The third kappa shape index (κ3) is 4.03.